The Morgan fingerprint density at radius 1 is 1.28 bits per heavy atom. The van der Waals surface area contributed by atoms with E-state index in [1.165, 1.54) is 4.90 Å². The standard InChI is InChI=1S/C18H18N2O4S/c1-2-3-8-20-17(23)15(25-18(20)24)9-12-10-19(11-16(21)22)14-7-5-4-6-13(12)14/h4-7,9-10H,2-3,8,11H2,1H3,(H,21,22)/b15-9-. The summed E-state index contributed by atoms with van der Waals surface area (Å²) in [5, 5.41) is 9.67. The molecule has 0 saturated carbocycles. The molecule has 130 valence electrons. The molecule has 1 fully saturated rings. The van der Waals surface area contributed by atoms with Crippen molar-refractivity contribution in [2.45, 2.75) is 26.3 Å². The summed E-state index contributed by atoms with van der Waals surface area (Å²) in [6.45, 7) is 2.28. The molecule has 1 aromatic heterocycles. The lowest BCUT2D eigenvalue weighted by atomic mass is 10.1. The van der Waals surface area contributed by atoms with E-state index in [0.29, 0.717) is 11.4 Å². The Labute approximate surface area is 149 Å². The summed E-state index contributed by atoms with van der Waals surface area (Å²) in [6.07, 6.45) is 5.07. The van der Waals surface area contributed by atoms with E-state index >= 15 is 0 Å². The average Bonchev–Trinajstić information content (AvgIpc) is 3.04. The molecule has 0 unspecified atom stereocenters. The quantitative estimate of drug-likeness (QED) is 0.799. The minimum Gasteiger partial charge on any atom is -0.480 e. The number of aliphatic carboxylic acids is 1. The molecule has 0 aliphatic carbocycles. The Morgan fingerprint density at radius 2 is 2.04 bits per heavy atom. The second-order valence-electron chi connectivity index (χ2n) is 5.81. The van der Waals surface area contributed by atoms with Crippen LogP contribution in [0.5, 0.6) is 0 Å². The lowest BCUT2D eigenvalue weighted by Gasteiger charge is -2.10. The number of aromatic nitrogens is 1. The van der Waals surface area contributed by atoms with Gasteiger partial charge in [0.25, 0.3) is 11.1 Å². The van der Waals surface area contributed by atoms with Gasteiger partial charge in [0.15, 0.2) is 0 Å². The number of carbonyl (C=O) groups excluding carboxylic acids is 2. The number of unbranched alkanes of at least 4 members (excludes halogenated alkanes) is 1. The molecule has 1 aromatic carbocycles. The van der Waals surface area contributed by atoms with Gasteiger partial charge in [-0.3, -0.25) is 19.3 Å². The molecule has 1 N–H and O–H groups in total. The number of thioether (sulfide) groups is 1. The molecule has 7 heteroatoms. The molecule has 2 amide bonds. The molecule has 0 spiro atoms. The number of carbonyl (C=O) groups is 3. The number of carboxylic acid groups (broad SMARTS) is 1. The summed E-state index contributed by atoms with van der Waals surface area (Å²) >= 11 is 0.932. The molecule has 0 bridgehead atoms. The number of amides is 2. The number of imide groups is 1. The van der Waals surface area contributed by atoms with E-state index in [4.69, 9.17) is 5.11 Å². The van der Waals surface area contributed by atoms with Crippen LogP contribution in [0.15, 0.2) is 35.4 Å². The average molecular weight is 358 g/mol. The number of nitrogens with zero attached hydrogens (tertiary/aromatic N) is 2. The fraction of sp³-hybridized carbons (Fsp3) is 0.278. The minimum absolute atomic E-state index is 0.160. The van der Waals surface area contributed by atoms with Gasteiger partial charge in [-0.25, -0.2) is 0 Å². The number of carboxylic acids is 1. The molecule has 1 saturated heterocycles. The number of hydrogen-bond donors (Lipinski definition) is 1. The summed E-state index contributed by atoms with van der Waals surface area (Å²) < 4.78 is 1.63. The lowest BCUT2D eigenvalue weighted by Crippen LogP contribution is -2.29. The van der Waals surface area contributed by atoms with Crippen LogP contribution in [0.1, 0.15) is 25.3 Å². The SMILES string of the molecule is CCCCN1C(=O)S/C(=C\c2cn(CC(=O)O)c3ccccc23)C1=O. The first-order chi connectivity index (χ1) is 12.0. The van der Waals surface area contributed by atoms with E-state index in [1.54, 1.807) is 16.8 Å². The van der Waals surface area contributed by atoms with Crippen molar-refractivity contribution >= 4 is 45.9 Å². The van der Waals surface area contributed by atoms with Gasteiger partial charge in [0.2, 0.25) is 0 Å². The highest BCUT2D eigenvalue weighted by Crippen LogP contribution is 2.34. The van der Waals surface area contributed by atoms with Gasteiger partial charge in [-0.05, 0) is 30.3 Å². The van der Waals surface area contributed by atoms with Crippen LogP contribution in [0.3, 0.4) is 0 Å². The molecule has 6 nitrogen and oxygen atoms in total. The highest BCUT2D eigenvalue weighted by molar-refractivity contribution is 8.18. The predicted molar refractivity (Wildman–Crippen MR) is 97.2 cm³/mol. The van der Waals surface area contributed by atoms with Gasteiger partial charge in [-0.1, -0.05) is 31.5 Å². The van der Waals surface area contributed by atoms with E-state index in [9.17, 15) is 14.4 Å². The van der Waals surface area contributed by atoms with Crippen LogP contribution < -0.4 is 0 Å². The summed E-state index contributed by atoms with van der Waals surface area (Å²) in [6, 6.07) is 7.41. The van der Waals surface area contributed by atoms with Gasteiger partial charge in [-0.15, -0.1) is 0 Å². The van der Waals surface area contributed by atoms with E-state index in [-0.39, 0.29) is 17.7 Å². The summed E-state index contributed by atoms with van der Waals surface area (Å²) in [7, 11) is 0. The number of para-hydroxylation sites is 1. The molecule has 2 heterocycles. The number of hydrogen-bond acceptors (Lipinski definition) is 4. The Hall–Kier alpha value is -2.54. The first-order valence-electron chi connectivity index (χ1n) is 8.06. The third kappa shape index (κ3) is 3.46. The first kappa shape index (κ1) is 17.3. The maximum atomic E-state index is 12.5. The summed E-state index contributed by atoms with van der Waals surface area (Å²) in [5.41, 5.74) is 1.51. The zero-order valence-corrected chi connectivity index (χ0v) is 14.6. The molecular formula is C18H18N2O4S. The normalized spacial score (nSPS) is 16.4. The zero-order chi connectivity index (χ0) is 18.0. The van der Waals surface area contributed by atoms with Crippen LogP contribution >= 0.6 is 11.8 Å². The number of fused-ring (bicyclic) bond motifs is 1. The van der Waals surface area contributed by atoms with E-state index in [0.717, 1.165) is 41.1 Å². The van der Waals surface area contributed by atoms with Gasteiger partial charge >= 0.3 is 5.97 Å². The van der Waals surface area contributed by atoms with Crippen molar-refractivity contribution in [2.24, 2.45) is 0 Å². The van der Waals surface area contributed by atoms with Gasteiger partial charge in [-0.2, -0.15) is 0 Å². The second kappa shape index (κ2) is 7.14. The highest BCUT2D eigenvalue weighted by atomic mass is 32.2. The topological polar surface area (TPSA) is 79.6 Å². The smallest absolute Gasteiger partial charge is 0.323 e. The first-order valence-corrected chi connectivity index (χ1v) is 8.88. The molecule has 2 aromatic rings. The van der Waals surface area contributed by atoms with Crippen molar-refractivity contribution in [3.63, 3.8) is 0 Å². The highest BCUT2D eigenvalue weighted by Gasteiger charge is 2.34. The third-order valence-electron chi connectivity index (χ3n) is 4.02. The van der Waals surface area contributed by atoms with Crippen LogP contribution in [-0.2, 0) is 16.1 Å². The Balaban J connectivity index is 1.97. The maximum absolute atomic E-state index is 12.5. The molecule has 0 radical (unpaired) electrons. The predicted octanol–water partition coefficient (Wildman–Crippen LogP) is 3.56. The van der Waals surface area contributed by atoms with Crippen molar-refractivity contribution in [1.29, 1.82) is 0 Å². The molecular weight excluding hydrogens is 340 g/mol. The van der Waals surface area contributed by atoms with Crippen LogP contribution in [0, 0.1) is 0 Å². The largest absolute Gasteiger partial charge is 0.480 e. The molecule has 1 aliphatic rings. The van der Waals surface area contributed by atoms with E-state index in [2.05, 4.69) is 0 Å². The fourth-order valence-corrected chi connectivity index (χ4v) is 3.67. The van der Waals surface area contributed by atoms with Crippen molar-refractivity contribution in [1.82, 2.24) is 9.47 Å². The Kier molecular flexibility index (Phi) is 4.94. The van der Waals surface area contributed by atoms with Crippen LogP contribution in [-0.4, -0.2) is 38.2 Å². The van der Waals surface area contributed by atoms with E-state index < -0.39 is 5.97 Å². The van der Waals surface area contributed by atoms with Crippen molar-refractivity contribution in [2.75, 3.05) is 6.54 Å². The lowest BCUT2D eigenvalue weighted by molar-refractivity contribution is -0.137. The minimum atomic E-state index is -0.938. The number of benzene rings is 1. The van der Waals surface area contributed by atoms with E-state index in [1.807, 2.05) is 31.2 Å². The van der Waals surface area contributed by atoms with Gasteiger partial charge in [0.1, 0.15) is 6.54 Å². The van der Waals surface area contributed by atoms with Crippen molar-refractivity contribution < 1.29 is 19.5 Å². The van der Waals surface area contributed by atoms with Gasteiger partial charge in [0.05, 0.1) is 4.91 Å². The second-order valence-corrected chi connectivity index (χ2v) is 6.80. The van der Waals surface area contributed by atoms with Gasteiger partial charge < -0.3 is 9.67 Å². The van der Waals surface area contributed by atoms with Crippen LogP contribution in [0.25, 0.3) is 17.0 Å². The van der Waals surface area contributed by atoms with Crippen LogP contribution in [0.4, 0.5) is 4.79 Å². The van der Waals surface area contributed by atoms with Crippen molar-refractivity contribution in [3.05, 3.63) is 40.9 Å². The Morgan fingerprint density at radius 3 is 2.76 bits per heavy atom. The summed E-state index contributed by atoms with van der Waals surface area (Å²) in [4.78, 5) is 37.2. The molecule has 3 rings (SSSR count). The fourth-order valence-electron chi connectivity index (χ4n) is 2.82. The number of rotatable bonds is 6. The molecule has 1 aliphatic heterocycles. The zero-order valence-electron chi connectivity index (χ0n) is 13.8. The van der Waals surface area contributed by atoms with Gasteiger partial charge in [0, 0.05) is 29.2 Å². The van der Waals surface area contributed by atoms with Crippen molar-refractivity contribution in [3.8, 4) is 0 Å². The molecule has 25 heavy (non-hydrogen) atoms. The maximum Gasteiger partial charge on any atom is 0.323 e. The monoisotopic (exact) mass is 358 g/mol. The van der Waals surface area contributed by atoms with Crippen LogP contribution in [0.2, 0.25) is 0 Å². The Bertz CT molecular complexity index is 884. The summed E-state index contributed by atoms with van der Waals surface area (Å²) in [5.74, 6) is -1.22. The third-order valence-corrected chi connectivity index (χ3v) is 4.93. The molecule has 0 atom stereocenters.